The maximum absolute atomic E-state index is 13.0. The molecule has 1 atom stereocenters. The molecule has 1 amide bonds. The first-order chi connectivity index (χ1) is 11.9. The second kappa shape index (κ2) is 7.46. The molecule has 2 fully saturated rings. The van der Waals surface area contributed by atoms with E-state index in [4.69, 9.17) is 0 Å². The van der Waals surface area contributed by atoms with Crippen LogP contribution in [0.3, 0.4) is 0 Å². The van der Waals surface area contributed by atoms with Crippen LogP contribution in [0.1, 0.15) is 45.1 Å². The van der Waals surface area contributed by atoms with Gasteiger partial charge in [-0.15, -0.1) is 0 Å². The fraction of sp³-hybridized carbons (Fsp3) is 0.632. The molecule has 3 rings (SSSR count). The number of hydrogen-bond donors (Lipinski definition) is 0. The van der Waals surface area contributed by atoms with Gasteiger partial charge in [0.25, 0.3) is 0 Å². The predicted molar refractivity (Wildman–Crippen MR) is 97.7 cm³/mol. The number of carbonyl (C=O) groups is 1. The molecule has 2 saturated heterocycles. The van der Waals surface area contributed by atoms with Crippen molar-refractivity contribution in [2.24, 2.45) is 5.92 Å². The van der Waals surface area contributed by atoms with Crippen molar-refractivity contribution in [1.29, 1.82) is 0 Å². The zero-order valence-electron chi connectivity index (χ0n) is 15.1. The van der Waals surface area contributed by atoms with Gasteiger partial charge in [0.2, 0.25) is 15.9 Å². The van der Waals surface area contributed by atoms with Crippen molar-refractivity contribution in [2.45, 2.75) is 56.9 Å². The molecule has 25 heavy (non-hydrogen) atoms. The summed E-state index contributed by atoms with van der Waals surface area (Å²) in [6.07, 6.45) is 4.25. The molecule has 0 aromatic heterocycles. The van der Waals surface area contributed by atoms with Crippen LogP contribution in [0.15, 0.2) is 29.2 Å². The Balaban J connectivity index is 1.78. The number of sulfonamides is 1. The van der Waals surface area contributed by atoms with Crippen LogP contribution >= 0.6 is 0 Å². The van der Waals surface area contributed by atoms with Gasteiger partial charge in [-0.05, 0) is 55.7 Å². The molecule has 0 N–H and O–H groups in total. The Hall–Kier alpha value is -1.40. The summed E-state index contributed by atoms with van der Waals surface area (Å²) in [6.45, 7) is 6.16. The summed E-state index contributed by atoms with van der Waals surface area (Å²) in [4.78, 5) is 15.1. The molecule has 0 radical (unpaired) electrons. The number of rotatable bonds is 4. The lowest BCUT2D eigenvalue weighted by Crippen LogP contribution is -2.49. The van der Waals surface area contributed by atoms with E-state index in [9.17, 15) is 13.2 Å². The van der Waals surface area contributed by atoms with E-state index in [1.807, 2.05) is 24.0 Å². The molecule has 1 aromatic rings. The third kappa shape index (κ3) is 3.75. The molecule has 5 nitrogen and oxygen atoms in total. The molecule has 138 valence electrons. The predicted octanol–water partition coefficient (Wildman–Crippen LogP) is 2.66. The van der Waals surface area contributed by atoms with Crippen molar-refractivity contribution in [3.05, 3.63) is 29.8 Å². The van der Waals surface area contributed by atoms with E-state index in [-0.39, 0.29) is 10.8 Å². The zero-order valence-corrected chi connectivity index (χ0v) is 16.0. The average molecular weight is 365 g/mol. The molecule has 0 bridgehead atoms. The molecular weight excluding hydrogens is 336 g/mol. The standard InChI is InChI=1S/C19H28N2O3S/c1-3-16-6-8-17(9-7-16)25(23,24)21-12-4-5-18(21)19(22)20-13-10-15(2)11-14-20/h6-9,15,18H,3-5,10-14H2,1-2H3/t18-/m0/s1. The Morgan fingerprint density at radius 2 is 1.72 bits per heavy atom. The summed E-state index contributed by atoms with van der Waals surface area (Å²) in [5.74, 6) is 0.627. The highest BCUT2D eigenvalue weighted by Crippen LogP contribution is 2.28. The van der Waals surface area contributed by atoms with Gasteiger partial charge in [0.05, 0.1) is 4.90 Å². The molecule has 0 unspecified atom stereocenters. The number of hydrogen-bond acceptors (Lipinski definition) is 3. The highest BCUT2D eigenvalue weighted by molar-refractivity contribution is 7.89. The SMILES string of the molecule is CCc1ccc(S(=O)(=O)N2CCC[C@H]2C(=O)N2CCC(C)CC2)cc1. The first-order valence-electron chi connectivity index (χ1n) is 9.33. The number of piperidine rings is 1. The number of likely N-dealkylation sites (tertiary alicyclic amines) is 1. The molecule has 0 aliphatic carbocycles. The monoisotopic (exact) mass is 364 g/mol. The molecule has 2 aliphatic rings. The lowest BCUT2D eigenvalue weighted by molar-refractivity contribution is -0.135. The molecule has 6 heteroatoms. The third-order valence-corrected chi connectivity index (χ3v) is 7.44. The van der Waals surface area contributed by atoms with Gasteiger partial charge in [-0.3, -0.25) is 4.79 Å². The van der Waals surface area contributed by atoms with E-state index in [0.717, 1.165) is 44.3 Å². The van der Waals surface area contributed by atoms with Crippen LogP contribution in [0.25, 0.3) is 0 Å². The minimum atomic E-state index is -3.62. The first-order valence-corrected chi connectivity index (χ1v) is 10.8. The van der Waals surface area contributed by atoms with Gasteiger partial charge in [-0.25, -0.2) is 8.42 Å². The highest BCUT2D eigenvalue weighted by Gasteiger charge is 2.41. The molecular formula is C19H28N2O3S. The van der Waals surface area contributed by atoms with Crippen LogP contribution in [-0.2, 0) is 21.2 Å². The Labute approximate surface area is 151 Å². The Bertz CT molecular complexity index is 707. The number of aryl methyl sites for hydroxylation is 1. The van der Waals surface area contributed by atoms with Crippen LogP contribution < -0.4 is 0 Å². The largest absolute Gasteiger partial charge is 0.341 e. The van der Waals surface area contributed by atoms with Gasteiger partial charge in [0.15, 0.2) is 0 Å². The van der Waals surface area contributed by atoms with Gasteiger partial charge in [-0.1, -0.05) is 26.0 Å². The lowest BCUT2D eigenvalue weighted by Gasteiger charge is -2.34. The van der Waals surface area contributed by atoms with E-state index < -0.39 is 16.1 Å². The van der Waals surface area contributed by atoms with Crippen molar-refractivity contribution in [2.75, 3.05) is 19.6 Å². The third-order valence-electron chi connectivity index (χ3n) is 5.52. The normalized spacial score (nSPS) is 23.1. The second-order valence-corrected chi connectivity index (χ2v) is 9.17. The van der Waals surface area contributed by atoms with Gasteiger partial charge >= 0.3 is 0 Å². The number of amides is 1. The smallest absolute Gasteiger partial charge is 0.243 e. The zero-order chi connectivity index (χ0) is 18.0. The van der Waals surface area contributed by atoms with Crippen molar-refractivity contribution in [3.8, 4) is 0 Å². The minimum Gasteiger partial charge on any atom is -0.341 e. The highest BCUT2D eigenvalue weighted by atomic mass is 32.2. The maximum atomic E-state index is 13.0. The van der Waals surface area contributed by atoms with Gasteiger partial charge < -0.3 is 4.90 Å². The summed E-state index contributed by atoms with van der Waals surface area (Å²) in [6, 6.07) is 6.49. The topological polar surface area (TPSA) is 57.7 Å². The Kier molecular flexibility index (Phi) is 5.49. The van der Waals surface area contributed by atoms with E-state index in [2.05, 4.69) is 6.92 Å². The van der Waals surface area contributed by atoms with Crippen LogP contribution in [0.4, 0.5) is 0 Å². The Morgan fingerprint density at radius 3 is 2.32 bits per heavy atom. The summed E-state index contributed by atoms with van der Waals surface area (Å²) in [7, 11) is -3.62. The first kappa shape index (κ1) is 18.4. The second-order valence-electron chi connectivity index (χ2n) is 7.28. The van der Waals surface area contributed by atoms with Gasteiger partial charge in [0.1, 0.15) is 6.04 Å². The minimum absolute atomic E-state index is 0.0156. The average Bonchev–Trinajstić information content (AvgIpc) is 3.12. The fourth-order valence-corrected chi connectivity index (χ4v) is 5.40. The van der Waals surface area contributed by atoms with E-state index >= 15 is 0 Å². The number of nitrogens with zero attached hydrogens (tertiary/aromatic N) is 2. The van der Waals surface area contributed by atoms with Crippen molar-refractivity contribution in [3.63, 3.8) is 0 Å². The quantitative estimate of drug-likeness (QED) is 0.825. The molecule has 0 saturated carbocycles. The lowest BCUT2D eigenvalue weighted by atomic mass is 9.98. The van der Waals surface area contributed by atoms with Crippen molar-refractivity contribution >= 4 is 15.9 Å². The van der Waals surface area contributed by atoms with E-state index in [1.165, 1.54) is 4.31 Å². The molecule has 0 spiro atoms. The van der Waals surface area contributed by atoms with Crippen LogP contribution in [0.5, 0.6) is 0 Å². The van der Waals surface area contributed by atoms with E-state index in [0.29, 0.717) is 18.9 Å². The van der Waals surface area contributed by atoms with Crippen LogP contribution in [0.2, 0.25) is 0 Å². The molecule has 2 aliphatic heterocycles. The summed E-state index contributed by atoms with van der Waals surface area (Å²) in [5.41, 5.74) is 1.11. The van der Waals surface area contributed by atoms with Gasteiger partial charge in [-0.2, -0.15) is 4.31 Å². The van der Waals surface area contributed by atoms with Crippen molar-refractivity contribution < 1.29 is 13.2 Å². The van der Waals surface area contributed by atoms with E-state index in [1.54, 1.807) is 12.1 Å². The maximum Gasteiger partial charge on any atom is 0.243 e. The van der Waals surface area contributed by atoms with Gasteiger partial charge in [0, 0.05) is 19.6 Å². The van der Waals surface area contributed by atoms with Crippen LogP contribution in [0, 0.1) is 5.92 Å². The number of carbonyl (C=O) groups excluding carboxylic acids is 1. The summed E-state index contributed by atoms with van der Waals surface area (Å²) >= 11 is 0. The summed E-state index contributed by atoms with van der Waals surface area (Å²) < 4.78 is 27.5. The van der Waals surface area contributed by atoms with Crippen LogP contribution in [-0.4, -0.2) is 49.2 Å². The number of benzene rings is 1. The van der Waals surface area contributed by atoms with Crippen molar-refractivity contribution in [1.82, 2.24) is 9.21 Å². The molecule has 1 aromatic carbocycles. The fourth-order valence-electron chi connectivity index (χ4n) is 3.75. The molecule has 2 heterocycles. The summed E-state index contributed by atoms with van der Waals surface area (Å²) in [5, 5.41) is 0. The Morgan fingerprint density at radius 1 is 1.08 bits per heavy atom.